The van der Waals surface area contributed by atoms with Gasteiger partial charge in [0, 0.05) is 29.2 Å². The summed E-state index contributed by atoms with van der Waals surface area (Å²) in [5, 5.41) is 14.0. The molecule has 1 heterocycles. The van der Waals surface area contributed by atoms with Crippen LogP contribution in [-0.4, -0.2) is 17.1 Å². The summed E-state index contributed by atoms with van der Waals surface area (Å²) >= 11 is 0. The zero-order chi connectivity index (χ0) is 27.4. The number of hydrogen-bond donors (Lipinski definition) is 2. The molecule has 1 aliphatic heterocycles. The number of carbonyl (C=O) groups excluding carboxylic acids is 1. The third-order valence-electron chi connectivity index (χ3n) is 8.46. The molecule has 3 aromatic rings. The van der Waals surface area contributed by atoms with Gasteiger partial charge in [-0.1, -0.05) is 101 Å². The van der Waals surface area contributed by atoms with Crippen LogP contribution in [0.25, 0.3) is 0 Å². The predicted molar refractivity (Wildman–Crippen MR) is 159 cm³/mol. The number of benzene rings is 3. The minimum atomic E-state index is -0.262. The Kier molecular flexibility index (Phi) is 8.42. The molecule has 1 atom stereocenters. The average molecular weight is 526 g/mol. The summed E-state index contributed by atoms with van der Waals surface area (Å²) < 4.78 is 6.13. The van der Waals surface area contributed by atoms with Crippen LogP contribution < -0.4 is 10.1 Å². The van der Waals surface area contributed by atoms with Gasteiger partial charge in [-0.15, -0.1) is 0 Å². The fourth-order valence-electron chi connectivity index (χ4n) is 6.38. The van der Waals surface area contributed by atoms with Crippen LogP contribution in [0.4, 0.5) is 5.69 Å². The first-order valence-corrected chi connectivity index (χ1v) is 14.7. The normalized spacial score (nSPS) is 16.6. The highest BCUT2D eigenvalue weighted by Crippen LogP contribution is 2.45. The minimum Gasteiger partial charge on any atom is -0.457 e. The van der Waals surface area contributed by atoms with Crippen molar-refractivity contribution in [3.05, 3.63) is 89.0 Å². The molecular weight excluding hydrogens is 482 g/mol. The summed E-state index contributed by atoms with van der Waals surface area (Å²) in [4.78, 5) is 13.6. The van der Waals surface area contributed by atoms with Crippen molar-refractivity contribution in [2.45, 2.75) is 96.0 Å². The van der Waals surface area contributed by atoms with E-state index in [1.807, 2.05) is 36.4 Å². The van der Waals surface area contributed by atoms with E-state index in [2.05, 4.69) is 56.4 Å². The first-order valence-electron chi connectivity index (χ1n) is 14.7. The zero-order valence-electron chi connectivity index (χ0n) is 23.7. The number of aryl methyl sites for hydroxylation is 1. The van der Waals surface area contributed by atoms with Crippen LogP contribution >= 0.6 is 0 Å². The number of nitrogens with one attached hydrogen (secondary N) is 1. The van der Waals surface area contributed by atoms with Crippen molar-refractivity contribution in [1.82, 2.24) is 0 Å². The van der Waals surface area contributed by atoms with E-state index >= 15 is 0 Å². The van der Waals surface area contributed by atoms with Crippen LogP contribution in [-0.2, 0) is 16.6 Å². The molecule has 1 saturated carbocycles. The molecule has 1 amide bonds. The number of hydrogen-bond acceptors (Lipinski definition) is 3. The quantitative estimate of drug-likeness (QED) is 0.310. The van der Waals surface area contributed by atoms with Crippen LogP contribution in [0.2, 0.25) is 0 Å². The molecule has 0 saturated heterocycles. The number of carbonyl (C=O) groups is 1. The highest BCUT2D eigenvalue weighted by atomic mass is 16.5. The molecule has 3 aromatic carbocycles. The Bertz CT molecular complexity index is 1240. The van der Waals surface area contributed by atoms with Crippen LogP contribution in [0.3, 0.4) is 0 Å². The molecule has 4 heteroatoms. The van der Waals surface area contributed by atoms with Crippen LogP contribution in [0.5, 0.6) is 11.5 Å². The lowest BCUT2D eigenvalue weighted by molar-refractivity contribution is -0.116. The highest BCUT2D eigenvalue weighted by molar-refractivity contribution is 5.93. The summed E-state index contributed by atoms with van der Waals surface area (Å²) in [5.41, 5.74) is 5.13. The van der Waals surface area contributed by atoms with E-state index < -0.39 is 0 Å². The zero-order valence-corrected chi connectivity index (χ0v) is 23.7. The van der Waals surface area contributed by atoms with E-state index in [4.69, 9.17) is 4.74 Å². The van der Waals surface area contributed by atoms with Crippen molar-refractivity contribution in [2.75, 3.05) is 5.32 Å². The van der Waals surface area contributed by atoms with Gasteiger partial charge in [0.25, 0.3) is 0 Å². The lowest BCUT2D eigenvalue weighted by Crippen LogP contribution is -2.22. The maximum atomic E-state index is 13.6. The third-order valence-corrected chi connectivity index (χ3v) is 8.46. The molecular formula is C35H43NO3. The summed E-state index contributed by atoms with van der Waals surface area (Å²) in [6.45, 7) is 6.53. The van der Waals surface area contributed by atoms with Crippen LogP contribution in [0, 0.1) is 5.92 Å². The monoisotopic (exact) mass is 525 g/mol. The number of anilines is 1. The molecule has 0 spiro atoms. The number of aliphatic hydroxyl groups is 1. The second-order valence-corrected chi connectivity index (χ2v) is 12.5. The first kappa shape index (κ1) is 27.5. The number of ether oxygens (including phenoxy) is 1. The average Bonchev–Trinajstić information content (AvgIpc) is 2.92. The van der Waals surface area contributed by atoms with Gasteiger partial charge in [-0.2, -0.15) is 0 Å². The number of rotatable bonds is 8. The molecule has 206 valence electrons. The Hall–Kier alpha value is -3.11. The number of aliphatic hydroxyl groups excluding tert-OH is 1. The molecule has 0 aromatic heterocycles. The summed E-state index contributed by atoms with van der Waals surface area (Å²) in [6, 6.07) is 22.4. The van der Waals surface area contributed by atoms with Gasteiger partial charge in [-0.3, -0.25) is 4.79 Å². The molecule has 0 radical (unpaired) electrons. The van der Waals surface area contributed by atoms with Gasteiger partial charge >= 0.3 is 0 Å². The Morgan fingerprint density at radius 2 is 1.59 bits per heavy atom. The van der Waals surface area contributed by atoms with E-state index in [1.54, 1.807) is 0 Å². The second kappa shape index (κ2) is 12.0. The predicted octanol–water partition coefficient (Wildman–Crippen LogP) is 8.51. The Balaban J connectivity index is 1.31. The van der Waals surface area contributed by atoms with Gasteiger partial charge in [0.15, 0.2) is 0 Å². The maximum Gasteiger partial charge on any atom is 0.225 e. The fraction of sp³-hybridized carbons (Fsp3) is 0.457. The van der Waals surface area contributed by atoms with Gasteiger partial charge in [-0.05, 0) is 59.9 Å². The van der Waals surface area contributed by atoms with E-state index in [-0.39, 0.29) is 23.3 Å². The SMILES string of the molecule is CC(C)(C)c1ccc(CC[C@H](O)CC2CCCCC2)cc1NC(=O)CC1c2ccccc2Oc2ccccc21. The van der Waals surface area contributed by atoms with Gasteiger partial charge in [-0.25, -0.2) is 0 Å². The molecule has 4 nitrogen and oxygen atoms in total. The van der Waals surface area contributed by atoms with Gasteiger partial charge in [0.05, 0.1) is 6.10 Å². The maximum absolute atomic E-state index is 13.6. The molecule has 1 aliphatic carbocycles. The third kappa shape index (κ3) is 6.73. The molecule has 2 N–H and O–H groups in total. The van der Waals surface area contributed by atoms with Gasteiger partial charge in [0.2, 0.25) is 5.91 Å². The summed E-state index contributed by atoms with van der Waals surface area (Å²) in [5.74, 6) is 2.23. The largest absolute Gasteiger partial charge is 0.457 e. The first-order chi connectivity index (χ1) is 18.8. The lowest BCUT2D eigenvalue weighted by Gasteiger charge is -2.28. The van der Waals surface area contributed by atoms with E-state index in [0.29, 0.717) is 12.3 Å². The highest BCUT2D eigenvalue weighted by Gasteiger charge is 2.29. The van der Waals surface area contributed by atoms with Gasteiger partial charge in [0.1, 0.15) is 11.5 Å². The smallest absolute Gasteiger partial charge is 0.225 e. The van der Waals surface area contributed by atoms with Crippen LogP contribution in [0.15, 0.2) is 66.7 Å². The van der Waals surface area contributed by atoms with Crippen molar-refractivity contribution in [3.63, 3.8) is 0 Å². The van der Waals surface area contributed by atoms with Crippen LogP contribution in [0.1, 0.15) is 100 Å². The number of amides is 1. The van der Waals surface area contributed by atoms with Crippen molar-refractivity contribution >= 4 is 11.6 Å². The molecule has 2 aliphatic rings. The molecule has 39 heavy (non-hydrogen) atoms. The van der Waals surface area contributed by atoms with E-state index in [0.717, 1.165) is 58.7 Å². The minimum absolute atomic E-state index is 0.00788. The second-order valence-electron chi connectivity index (χ2n) is 12.5. The Morgan fingerprint density at radius 1 is 0.949 bits per heavy atom. The standard InChI is InChI=1S/C35H43NO3/c1-35(2,3)30-20-18-25(17-19-26(37)21-24-11-5-4-6-12-24)22-31(30)36-34(38)23-29-27-13-7-9-15-32(27)39-33-16-10-8-14-28(29)33/h7-10,13-16,18,20,22,24,26,29,37H,4-6,11-12,17,19,21,23H2,1-3H3,(H,36,38)/t26-/m0/s1. The van der Waals surface area contributed by atoms with E-state index in [9.17, 15) is 9.90 Å². The topological polar surface area (TPSA) is 58.6 Å². The fourth-order valence-corrected chi connectivity index (χ4v) is 6.38. The van der Waals surface area contributed by atoms with Crippen molar-refractivity contribution in [2.24, 2.45) is 5.92 Å². The number of fused-ring (bicyclic) bond motifs is 2. The molecule has 0 unspecified atom stereocenters. The Labute approximate surface area is 233 Å². The van der Waals surface area contributed by atoms with Crippen molar-refractivity contribution < 1.29 is 14.6 Å². The Morgan fingerprint density at radius 3 is 2.23 bits per heavy atom. The van der Waals surface area contributed by atoms with Crippen molar-refractivity contribution in [3.8, 4) is 11.5 Å². The summed E-state index contributed by atoms with van der Waals surface area (Å²) in [6.07, 6.45) is 9.03. The van der Waals surface area contributed by atoms with Gasteiger partial charge < -0.3 is 15.2 Å². The molecule has 5 rings (SSSR count). The van der Waals surface area contributed by atoms with Crippen molar-refractivity contribution in [1.29, 1.82) is 0 Å². The molecule has 0 bridgehead atoms. The summed E-state index contributed by atoms with van der Waals surface area (Å²) in [7, 11) is 0. The lowest BCUT2D eigenvalue weighted by atomic mass is 9.83. The number of para-hydroxylation sites is 2. The molecule has 1 fully saturated rings. The van der Waals surface area contributed by atoms with E-state index in [1.165, 1.54) is 32.1 Å².